The highest BCUT2D eigenvalue weighted by Crippen LogP contribution is 2.16. The van der Waals surface area contributed by atoms with E-state index >= 15 is 0 Å². The SMILES string of the molecule is CCOC(=O)C(C=Nc1ccnc(N2CCN(C(C)=O)CC2)n1)C(=O)OCC. The van der Waals surface area contributed by atoms with E-state index in [1.165, 1.54) is 6.21 Å². The third-order valence-corrected chi connectivity index (χ3v) is 4.07. The van der Waals surface area contributed by atoms with Crippen molar-refractivity contribution in [1.82, 2.24) is 14.9 Å². The first-order valence-corrected chi connectivity index (χ1v) is 9.17. The van der Waals surface area contributed by atoms with Gasteiger partial charge >= 0.3 is 11.9 Å². The van der Waals surface area contributed by atoms with E-state index in [0.717, 1.165) is 0 Å². The molecular formula is C18H25N5O5. The van der Waals surface area contributed by atoms with Crippen LogP contribution in [0.15, 0.2) is 17.3 Å². The van der Waals surface area contributed by atoms with E-state index in [-0.39, 0.29) is 19.1 Å². The van der Waals surface area contributed by atoms with Gasteiger partial charge in [-0.1, -0.05) is 0 Å². The first-order valence-electron chi connectivity index (χ1n) is 9.17. The topological polar surface area (TPSA) is 114 Å². The molecule has 1 aromatic heterocycles. The zero-order chi connectivity index (χ0) is 20.5. The number of hydrogen-bond donors (Lipinski definition) is 0. The largest absolute Gasteiger partial charge is 0.465 e. The van der Waals surface area contributed by atoms with Crippen molar-refractivity contribution < 1.29 is 23.9 Å². The second-order valence-corrected chi connectivity index (χ2v) is 5.97. The van der Waals surface area contributed by atoms with Crippen LogP contribution in [-0.2, 0) is 23.9 Å². The Morgan fingerprint density at radius 2 is 1.75 bits per heavy atom. The van der Waals surface area contributed by atoms with Crippen LogP contribution < -0.4 is 4.90 Å². The zero-order valence-corrected chi connectivity index (χ0v) is 16.3. The Morgan fingerprint density at radius 3 is 2.29 bits per heavy atom. The maximum atomic E-state index is 12.0. The molecule has 0 atom stereocenters. The van der Waals surface area contributed by atoms with Crippen LogP contribution in [0.25, 0.3) is 0 Å². The van der Waals surface area contributed by atoms with Gasteiger partial charge in [0.2, 0.25) is 11.9 Å². The fraction of sp³-hybridized carbons (Fsp3) is 0.556. The maximum Gasteiger partial charge on any atom is 0.325 e. The summed E-state index contributed by atoms with van der Waals surface area (Å²) in [5, 5.41) is 0. The van der Waals surface area contributed by atoms with E-state index in [0.29, 0.717) is 37.9 Å². The van der Waals surface area contributed by atoms with Gasteiger partial charge in [-0.2, -0.15) is 4.98 Å². The van der Waals surface area contributed by atoms with Crippen molar-refractivity contribution in [3.8, 4) is 0 Å². The highest BCUT2D eigenvalue weighted by molar-refractivity contribution is 6.09. The molecule has 10 heteroatoms. The number of esters is 2. The number of rotatable bonds is 7. The van der Waals surface area contributed by atoms with Crippen molar-refractivity contribution in [2.75, 3.05) is 44.3 Å². The van der Waals surface area contributed by atoms with Gasteiger partial charge in [-0.25, -0.2) is 9.98 Å². The van der Waals surface area contributed by atoms with Gasteiger partial charge < -0.3 is 19.3 Å². The molecule has 0 saturated carbocycles. The lowest BCUT2D eigenvalue weighted by Gasteiger charge is -2.34. The average Bonchev–Trinajstić information content (AvgIpc) is 2.69. The third-order valence-electron chi connectivity index (χ3n) is 4.07. The Hall–Kier alpha value is -3.04. The predicted molar refractivity (Wildman–Crippen MR) is 101 cm³/mol. The average molecular weight is 391 g/mol. The maximum absolute atomic E-state index is 12.0. The van der Waals surface area contributed by atoms with Crippen LogP contribution in [0.1, 0.15) is 20.8 Å². The first-order chi connectivity index (χ1) is 13.5. The standard InChI is InChI=1S/C18H25N5O5/c1-4-27-16(25)14(17(26)28-5-2)12-20-15-6-7-19-18(21-15)23-10-8-22(9-11-23)13(3)24/h6-7,12,14H,4-5,8-11H2,1-3H3. The second-order valence-electron chi connectivity index (χ2n) is 5.97. The monoisotopic (exact) mass is 391 g/mol. The molecule has 1 aliphatic rings. The van der Waals surface area contributed by atoms with Gasteiger partial charge in [-0.15, -0.1) is 0 Å². The van der Waals surface area contributed by atoms with Crippen molar-refractivity contribution in [3.63, 3.8) is 0 Å². The number of ether oxygens (including phenoxy) is 2. The molecule has 1 amide bonds. The van der Waals surface area contributed by atoms with E-state index in [2.05, 4.69) is 15.0 Å². The van der Waals surface area contributed by atoms with Gasteiger partial charge in [0.15, 0.2) is 11.7 Å². The predicted octanol–water partition coefficient (Wildman–Crippen LogP) is 0.590. The molecule has 0 aliphatic carbocycles. The minimum Gasteiger partial charge on any atom is -0.465 e. The molecule has 0 N–H and O–H groups in total. The van der Waals surface area contributed by atoms with Crippen molar-refractivity contribution in [3.05, 3.63) is 12.3 Å². The van der Waals surface area contributed by atoms with E-state index in [1.807, 2.05) is 4.90 Å². The Bertz CT molecular complexity index is 713. The molecule has 0 unspecified atom stereocenters. The Morgan fingerprint density at radius 1 is 1.14 bits per heavy atom. The van der Waals surface area contributed by atoms with Crippen molar-refractivity contribution in [2.45, 2.75) is 20.8 Å². The summed E-state index contributed by atoms with van der Waals surface area (Å²) in [6.07, 6.45) is 2.73. The van der Waals surface area contributed by atoms with Crippen LogP contribution in [0, 0.1) is 5.92 Å². The summed E-state index contributed by atoms with van der Waals surface area (Å²) in [5.74, 6) is -1.88. The van der Waals surface area contributed by atoms with Crippen molar-refractivity contribution in [1.29, 1.82) is 0 Å². The van der Waals surface area contributed by atoms with Gasteiger partial charge in [0.25, 0.3) is 0 Å². The summed E-state index contributed by atoms with van der Waals surface area (Å²) in [5.41, 5.74) is 0. The summed E-state index contributed by atoms with van der Waals surface area (Å²) in [7, 11) is 0. The number of piperazine rings is 1. The minimum absolute atomic E-state index is 0.0443. The van der Waals surface area contributed by atoms with Crippen LogP contribution >= 0.6 is 0 Å². The fourth-order valence-corrected chi connectivity index (χ4v) is 2.62. The minimum atomic E-state index is -1.25. The third kappa shape index (κ3) is 5.73. The zero-order valence-electron chi connectivity index (χ0n) is 16.3. The molecule has 1 aliphatic heterocycles. The molecule has 1 saturated heterocycles. The Labute approximate surface area is 163 Å². The van der Waals surface area contributed by atoms with Crippen molar-refractivity contribution >= 4 is 35.8 Å². The van der Waals surface area contributed by atoms with E-state index in [4.69, 9.17) is 9.47 Å². The molecule has 0 spiro atoms. The molecule has 2 heterocycles. The normalized spacial score (nSPS) is 14.4. The van der Waals surface area contributed by atoms with E-state index in [1.54, 1.807) is 37.9 Å². The summed E-state index contributed by atoms with van der Waals surface area (Å²) in [4.78, 5) is 51.9. The number of carbonyl (C=O) groups excluding carboxylic acids is 3. The highest BCUT2D eigenvalue weighted by Gasteiger charge is 2.28. The number of nitrogens with zero attached hydrogens (tertiary/aromatic N) is 5. The van der Waals surface area contributed by atoms with Gasteiger partial charge in [0, 0.05) is 51.6 Å². The molecule has 1 fully saturated rings. The van der Waals surface area contributed by atoms with Crippen LogP contribution in [0.5, 0.6) is 0 Å². The number of aliphatic imine (C=N–C) groups is 1. The Balaban J connectivity index is 2.10. The molecule has 10 nitrogen and oxygen atoms in total. The number of amides is 1. The quantitative estimate of drug-likeness (QED) is 0.377. The molecule has 0 aromatic carbocycles. The van der Waals surface area contributed by atoms with E-state index in [9.17, 15) is 14.4 Å². The molecule has 152 valence electrons. The molecule has 0 bridgehead atoms. The number of aromatic nitrogens is 2. The van der Waals surface area contributed by atoms with Crippen LogP contribution in [-0.4, -0.2) is 78.3 Å². The number of carbonyl (C=O) groups is 3. The van der Waals surface area contributed by atoms with Gasteiger partial charge in [0.05, 0.1) is 13.2 Å². The van der Waals surface area contributed by atoms with Crippen LogP contribution in [0.3, 0.4) is 0 Å². The lowest BCUT2D eigenvalue weighted by molar-refractivity contribution is -0.157. The smallest absolute Gasteiger partial charge is 0.325 e. The Kier molecular flexibility index (Phi) is 7.85. The summed E-state index contributed by atoms with van der Waals surface area (Å²) in [6, 6.07) is 1.57. The molecular weight excluding hydrogens is 366 g/mol. The van der Waals surface area contributed by atoms with Crippen LogP contribution in [0.2, 0.25) is 0 Å². The first kappa shape index (κ1) is 21.3. The lowest BCUT2D eigenvalue weighted by atomic mass is 10.2. The van der Waals surface area contributed by atoms with E-state index < -0.39 is 17.9 Å². The summed E-state index contributed by atoms with van der Waals surface area (Å²) in [6.45, 7) is 7.56. The summed E-state index contributed by atoms with van der Waals surface area (Å²) >= 11 is 0. The van der Waals surface area contributed by atoms with Gasteiger partial charge in [-0.3, -0.25) is 14.4 Å². The molecule has 1 aromatic rings. The number of anilines is 1. The fourth-order valence-electron chi connectivity index (χ4n) is 2.62. The summed E-state index contributed by atoms with van der Waals surface area (Å²) < 4.78 is 9.81. The molecule has 28 heavy (non-hydrogen) atoms. The second kappa shape index (κ2) is 10.3. The van der Waals surface area contributed by atoms with Crippen molar-refractivity contribution in [2.24, 2.45) is 10.9 Å². The molecule has 2 rings (SSSR count). The van der Waals surface area contributed by atoms with Gasteiger partial charge in [-0.05, 0) is 13.8 Å². The number of hydrogen-bond acceptors (Lipinski definition) is 9. The van der Waals surface area contributed by atoms with Crippen LogP contribution in [0.4, 0.5) is 11.8 Å². The molecule has 0 radical (unpaired) electrons. The van der Waals surface area contributed by atoms with Gasteiger partial charge in [0.1, 0.15) is 0 Å². The highest BCUT2D eigenvalue weighted by atomic mass is 16.6. The lowest BCUT2D eigenvalue weighted by Crippen LogP contribution is -2.48.